The number of pyridine rings is 1. The van der Waals surface area contributed by atoms with E-state index >= 15 is 0 Å². The third-order valence-electron chi connectivity index (χ3n) is 7.41. The van der Waals surface area contributed by atoms with Crippen LogP contribution in [0.3, 0.4) is 0 Å². The molecule has 2 N–H and O–H groups in total. The Labute approximate surface area is 233 Å². The maximum Gasteiger partial charge on any atom is 0.276 e. The summed E-state index contributed by atoms with van der Waals surface area (Å²) in [5.41, 5.74) is 5.22. The third kappa shape index (κ3) is 5.20. The molecule has 10 nitrogen and oxygen atoms in total. The number of hydrogen-bond donors (Lipinski definition) is 2. The zero-order valence-electron chi connectivity index (χ0n) is 23.2. The number of anilines is 5. The van der Waals surface area contributed by atoms with Crippen LogP contribution >= 0.6 is 0 Å². The number of nitrogens with one attached hydrogen (secondary N) is 2. The Bertz CT molecular complexity index is 1560. The first kappa shape index (κ1) is 26.1. The minimum atomic E-state index is -0.0869. The molecule has 0 radical (unpaired) electrons. The van der Waals surface area contributed by atoms with Gasteiger partial charge in [0.2, 0.25) is 5.95 Å². The van der Waals surface area contributed by atoms with Crippen molar-refractivity contribution in [3.05, 3.63) is 70.6 Å². The number of hydrogen-bond acceptors (Lipinski definition) is 9. The van der Waals surface area contributed by atoms with Crippen LogP contribution in [-0.2, 0) is 4.74 Å². The van der Waals surface area contributed by atoms with Crippen LogP contribution in [0, 0.1) is 6.92 Å². The molecule has 4 heterocycles. The van der Waals surface area contributed by atoms with Crippen molar-refractivity contribution in [3.63, 3.8) is 0 Å². The number of nitrogens with zero attached hydrogens (tertiary/aromatic N) is 5. The van der Waals surface area contributed by atoms with E-state index in [1.807, 2.05) is 55.1 Å². The van der Waals surface area contributed by atoms with Crippen molar-refractivity contribution in [2.75, 3.05) is 69.1 Å². The summed E-state index contributed by atoms with van der Waals surface area (Å²) in [7, 11) is 4.04. The molecular formula is C30H35N7O3. The highest BCUT2D eigenvalue weighted by Gasteiger charge is 2.27. The van der Waals surface area contributed by atoms with Gasteiger partial charge in [0.05, 0.1) is 24.0 Å². The molecule has 6 rings (SSSR count). The molecule has 2 aromatic carbocycles. The molecule has 1 fully saturated rings. The van der Waals surface area contributed by atoms with E-state index in [4.69, 9.17) is 14.5 Å². The maximum atomic E-state index is 14.1. The summed E-state index contributed by atoms with van der Waals surface area (Å²) in [5, 5.41) is 7.58. The van der Waals surface area contributed by atoms with Gasteiger partial charge in [0, 0.05) is 43.5 Å². The molecule has 1 atom stereocenters. The zero-order valence-corrected chi connectivity index (χ0v) is 23.2. The Kier molecular flexibility index (Phi) is 7.27. The lowest BCUT2D eigenvalue weighted by molar-refractivity contribution is 0.186. The van der Waals surface area contributed by atoms with Crippen molar-refractivity contribution >= 4 is 39.7 Å². The van der Waals surface area contributed by atoms with Gasteiger partial charge in [0.1, 0.15) is 23.7 Å². The third-order valence-corrected chi connectivity index (χ3v) is 7.41. The van der Waals surface area contributed by atoms with Crippen LogP contribution in [0.2, 0.25) is 0 Å². The van der Waals surface area contributed by atoms with E-state index in [0.717, 1.165) is 53.3 Å². The fraction of sp³-hybridized carbons (Fsp3) is 0.367. The number of fused-ring (bicyclic) bond motifs is 2. The quantitative estimate of drug-likeness (QED) is 0.338. The summed E-state index contributed by atoms with van der Waals surface area (Å²) < 4.78 is 13.3. The largest absolute Gasteiger partial charge is 0.492 e. The summed E-state index contributed by atoms with van der Waals surface area (Å²) in [4.78, 5) is 27.8. The molecule has 1 unspecified atom stereocenters. The first-order chi connectivity index (χ1) is 19.5. The number of rotatable bonds is 8. The Morgan fingerprint density at radius 3 is 2.80 bits per heavy atom. The van der Waals surface area contributed by atoms with Gasteiger partial charge in [0.15, 0.2) is 0 Å². The van der Waals surface area contributed by atoms with Crippen LogP contribution in [0.5, 0.6) is 5.75 Å². The summed E-state index contributed by atoms with van der Waals surface area (Å²) in [6, 6.07) is 15.7. The van der Waals surface area contributed by atoms with Gasteiger partial charge in [-0.25, -0.2) is 4.98 Å². The first-order valence-corrected chi connectivity index (χ1v) is 13.7. The van der Waals surface area contributed by atoms with E-state index in [9.17, 15) is 4.79 Å². The average molecular weight is 542 g/mol. The van der Waals surface area contributed by atoms with Gasteiger partial charge in [-0.1, -0.05) is 12.1 Å². The second-order valence-corrected chi connectivity index (χ2v) is 10.5. The maximum absolute atomic E-state index is 14.1. The monoisotopic (exact) mass is 541 g/mol. The molecule has 0 bridgehead atoms. The molecule has 0 spiro atoms. The van der Waals surface area contributed by atoms with E-state index in [-0.39, 0.29) is 11.6 Å². The molecule has 2 aliphatic rings. The second kappa shape index (κ2) is 11.1. The number of ether oxygens (including phenoxy) is 2. The van der Waals surface area contributed by atoms with E-state index in [2.05, 4.69) is 44.5 Å². The predicted molar refractivity (Wildman–Crippen MR) is 159 cm³/mol. The minimum Gasteiger partial charge on any atom is -0.492 e. The van der Waals surface area contributed by atoms with Gasteiger partial charge in [0.25, 0.3) is 5.56 Å². The summed E-state index contributed by atoms with van der Waals surface area (Å²) in [6.45, 7) is 6.10. The molecular weight excluding hydrogens is 506 g/mol. The lowest BCUT2D eigenvalue weighted by Crippen LogP contribution is -2.37. The van der Waals surface area contributed by atoms with Gasteiger partial charge in [-0.05, 0) is 69.4 Å². The number of likely N-dealkylation sites (N-methyl/N-ethyl adjacent to an activating group) is 1. The Morgan fingerprint density at radius 2 is 2.02 bits per heavy atom. The number of aromatic nitrogens is 3. The van der Waals surface area contributed by atoms with Crippen LogP contribution in [0.25, 0.3) is 11.0 Å². The average Bonchev–Trinajstić information content (AvgIpc) is 3.48. The van der Waals surface area contributed by atoms with Crippen molar-refractivity contribution in [3.8, 4) is 5.75 Å². The molecule has 0 aliphatic carbocycles. The number of benzene rings is 2. The fourth-order valence-corrected chi connectivity index (χ4v) is 5.30. The highest BCUT2D eigenvalue weighted by molar-refractivity contribution is 5.85. The first-order valence-electron chi connectivity index (χ1n) is 13.7. The smallest absolute Gasteiger partial charge is 0.276 e. The number of para-hydroxylation sites is 1. The summed E-state index contributed by atoms with van der Waals surface area (Å²) >= 11 is 0. The summed E-state index contributed by atoms with van der Waals surface area (Å²) in [5.74, 6) is 1.23. The fourth-order valence-electron chi connectivity index (χ4n) is 5.30. The topological polar surface area (TPSA) is 96.8 Å². The van der Waals surface area contributed by atoms with Crippen molar-refractivity contribution in [2.24, 2.45) is 0 Å². The molecule has 208 valence electrons. The molecule has 4 aromatic rings. The van der Waals surface area contributed by atoms with Gasteiger partial charge in [-0.3, -0.25) is 9.36 Å². The molecule has 2 aromatic heterocycles. The summed E-state index contributed by atoms with van der Waals surface area (Å²) in [6.07, 6.45) is 2.55. The Morgan fingerprint density at radius 1 is 1.18 bits per heavy atom. The van der Waals surface area contributed by atoms with Crippen LogP contribution in [0.4, 0.5) is 28.7 Å². The van der Waals surface area contributed by atoms with Crippen LogP contribution in [-0.4, -0.2) is 73.0 Å². The molecule has 10 heteroatoms. The van der Waals surface area contributed by atoms with E-state index in [0.29, 0.717) is 43.6 Å². The molecule has 0 saturated carbocycles. The van der Waals surface area contributed by atoms with Gasteiger partial charge >= 0.3 is 0 Å². The SMILES string of the molecule is Cc1cccc2c1NCCN2c1cc2cnc(Nc3ccc(OCCN(C)C)cc3)nc2n(C2CCOC2)c1=O. The molecule has 1 saturated heterocycles. The van der Waals surface area contributed by atoms with Gasteiger partial charge < -0.3 is 29.9 Å². The van der Waals surface area contributed by atoms with E-state index < -0.39 is 0 Å². The highest BCUT2D eigenvalue weighted by atomic mass is 16.5. The molecule has 40 heavy (non-hydrogen) atoms. The van der Waals surface area contributed by atoms with Crippen molar-refractivity contribution < 1.29 is 9.47 Å². The second-order valence-electron chi connectivity index (χ2n) is 10.5. The Hall–Kier alpha value is -4.15. The van der Waals surface area contributed by atoms with Crippen molar-refractivity contribution in [2.45, 2.75) is 19.4 Å². The number of aryl methyl sites for hydroxylation is 1. The van der Waals surface area contributed by atoms with Gasteiger partial charge in [-0.2, -0.15) is 4.98 Å². The lowest BCUT2D eigenvalue weighted by Gasteiger charge is -2.33. The molecule has 0 amide bonds. The van der Waals surface area contributed by atoms with Crippen LogP contribution in [0.1, 0.15) is 18.0 Å². The predicted octanol–water partition coefficient (Wildman–Crippen LogP) is 4.31. The van der Waals surface area contributed by atoms with Crippen molar-refractivity contribution in [1.82, 2.24) is 19.4 Å². The van der Waals surface area contributed by atoms with Crippen LogP contribution in [0.15, 0.2) is 59.5 Å². The highest BCUT2D eigenvalue weighted by Crippen LogP contribution is 2.37. The molecule has 2 aliphatic heterocycles. The van der Waals surface area contributed by atoms with Crippen LogP contribution < -0.4 is 25.8 Å². The normalized spacial score (nSPS) is 16.7. The standard InChI is InChI=1S/C30H35N7O3/c1-20-5-4-6-25-27(20)31-12-13-36(25)26-17-21-18-32-30(34-28(21)37(29(26)38)23-11-15-39-19-23)33-22-7-9-24(10-8-22)40-16-14-35(2)3/h4-10,17-18,23,31H,11-16,19H2,1-3H3,(H,32,33,34). The van der Waals surface area contributed by atoms with E-state index in [1.165, 1.54) is 0 Å². The van der Waals surface area contributed by atoms with Crippen molar-refractivity contribution in [1.29, 1.82) is 0 Å². The Balaban J connectivity index is 1.34. The zero-order chi connectivity index (χ0) is 27.6. The minimum absolute atomic E-state index is 0.0683. The van der Waals surface area contributed by atoms with Gasteiger partial charge in [-0.15, -0.1) is 0 Å². The lowest BCUT2D eigenvalue weighted by atomic mass is 10.1. The van der Waals surface area contributed by atoms with E-state index in [1.54, 1.807) is 6.20 Å².